The molecule has 3 aliphatic rings. The zero-order valence-corrected chi connectivity index (χ0v) is 17.0. The fourth-order valence-electron chi connectivity index (χ4n) is 4.54. The quantitative estimate of drug-likeness (QED) is 0.805. The number of rotatable bonds is 5. The zero-order chi connectivity index (χ0) is 20.2. The number of carbonyl (C=O) groups excluding carboxylic acids is 1. The van der Waals surface area contributed by atoms with Gasteiger partial charge in [0.1, 0.15) is 12.3 Å². The van der Waals surface area contributed by atoms with Crippen molar-refractivity contribution in [1.82, 2.24) is 25.2 Å². The van der Waals surface area contributed by atoms with E-state index in [-0.39, 0.29) is 29.7 Å². The molecule has 1 N–H and O–H groups in total. The molecule has 1 amide bonds. The minimum atomic E-state index is -0.502. The summed E-state index contributed by atoms with van der Waals surface area (Å²) in [6.45, 7) is 2.12. The van der Waals surface area contributed by atoms with Crippen LogP contribution < -0.4 is 10.1 Å². The number of hydrogen-bond donors (Lipinski definition) is 1. The number of halogens is 2. The Hall–Kier alpha value is -2.19. The predicted molar refractivity (Wildman–Crippen MR) is 104 cm³/mol. The van der Waals surface area contributed by atoms with Crippen LogP contribution in [-0.2, 0) is 24.9 Å². The molecule has 2 fully saturated rings. The van der Waals surface area contributed by atoms with Gasteiger partial charge in [0, 0.05) is 37.1 Å². The second kappa shape index (κ2) is 6.95. The summed E-state index contributed by atoms with van der Waals surface area (Å²) in [5.74, 6) is -0.140. The summed E-state index contributed by atoms with van der Waals surface area (Å²) in [5.41, 5.74) is 2.41. The Bertz CT molecular complexity index is 974. The van der Waals surface area contributed by atoms with Gasteiger partial charge in [-0.05, 0) is 42.9 Å². The van der Waals surface area contributed by atoms with Crippen molar-refractivity contribution in [2.45, 2.75) is 38.3 Å². The smallest absolute Gasteiger partial charge is 0.223 e. The van der Waals surface area contributed by atoms with Crippen LogP contribution in [0.4, 0.5) is 4.39 Å². The van der Waals surface area contributed by atoms with Crippen LogP contribution >= 0.6 is 11.6 Å². The monoisotopic (exact) mass is 419 g/mol. The number of likely N-dealkylation sites (tertiary alicyclic amines) is 1. The highest BCUT2D eigenvalue weighted by molar-refractivity contribution is 6.31. The summed E-state index contributed by atoms with van der Waals surface area (Å²) >= 11 is 6.38. The van der Waals surface area contributed by atoms with Gasteiger partial charge in [-0.1, -0.05) is 16.8 Å². The predicted octanol–water partition coefficient (Wildman–Crippen LogP) is 2.39. The molecule has 154 valence electrons. The standard InChI is InChI=1S/C20H23ClFN5O2/c1-26-8-12(24-25-26)10-29-19-15(22)6-14(21)13-2-5-23-16(18(13)19)9-27-11-20(3-4-20)7-17(27)28/h6,8,16,23H,2-5,7,9-11H2,1H3. The Morgan fingerprint density at radius 1 is 1.45 bits per heavy atom. The van der Waals surface area contributed by atoms with Crippen molar-refractivity contribution < 1.29 is 13.9 Å². The van der Waals surface area contributed by atoms with Crippen LogP contribution in [0, 0.1) is 11.2 Å². The van der Waals surface area contributed by atoms with E-state index in [1.54, 1.807) is 17.9 Å². The third kappa shape index (κ3) is 3.48. The van der Waals surface area contributed by atoms with Crippen molar-refractivity contribution in [3.63, 3.8) is 0 Å². The van der Waals surface area contributed by atoms with Gasteiger partial charge in [-0.15, -0.1) is 5.10 Å². The molecular formula is C20H23ClFN5O2. The SMILES string of the molecule is Cn1cc(COc2c(F)cc(Cl)c3c2C(CN2CC4(CC4)CC2=O)NCC3)nn1. The zero-order valence-electron chi connectivity index (χ0n) is 16.3. The van der Waals surface area contributed by atoms with E-state index >= 15 is 0 Å². The van der Waals surface area contributed by atoms with Crippen LogP contribution in [0.5, 0.6) is 5.75 Å². The number of benzene rings is 1. The molecule has 1 aromatic heterocycles. The Morgan fingerprint density at radius 2 is 2.28 bits per heavy atom. The Morgan fingerprint density at radius 3 is 2.97 bits per heavy atom. The number of fused-ring (bicyclic) bond motifs is 1. The number of amides is 1. The van der Waals surface area contributed by atoms with Gasteiger partial charge in [0.15, 0.2) is 11.6 Å². The summed E-state index contributed by atoms with van der Waals surface area (Å²) in [5, 5.41) is 11.7. The number of aryl methyl sites for hydroxylation is 1. The van der Waals surface area contributed by atoms with E-state index in [4.69, 9.17) is 16.3 Å². The molecule has 1 aromatic carbocycles. The maximum Gasteiger partial charge on any atom is 0.223 e. The second-order valence-electron chi connectivity index (χ2n) is 8.44. The highest BCUT2D eigenvalue weighted by Crippen LogP contribution is 2.53. The molecule has 9 heteroatoms. The fraction of sp³-hybridized carbons (Fsp3) is 0.550. The van der Waals surface area contributed by atoms with Crippen LogP contribution in [0.3, 0.4) is 0 Å². The van der Waals surface area contributed by atoms with Gasteiger partial charge in [0.25, 0.3) is 0 Å². The van der Waals surface area contributed by atoms with E-state index in [0.29, 0.717) is 30.1 Å². The van der Waals surface area contributed by atoms with Gasteiger partial charge in [0.2, 0.25) is 5.91 Å². The van der Waals surface area contributed by atoms with Crippen molar-refractivity contribution >= 4 is 17.5 Å². The number of nitrogens with zero attached hydrogens (tertiary/aromatic N) is 4. The number of aromatic nitrogens is 3. The van der Waals surface area contributed by atoms with Gasteiger partial charge >= 0.3 is 0 Å². The van der Waals surface area contributed by atoms with E-state index in [1.165, 1.54) is 6.07 Å². The van der Waals surface area contributed by atoms with E-state index < -0.39 is 5.82 Å². The third-order valence-corrected chi connectivity index (χ3v) is 6.56. The first-order valence-corrected chi connectivity index (χ1v) is 10.3. The summed E-state index contributed by atoms with van der Waals surface area (Å²) in [6, 6.07) is 1.09. The Labute approximate surface area is 173 Å². The lowest BCUT2D eigenvalue weighted by molar-refractivity contribution is -0.128. The molecule has 1 unspecified atom stereocenters. The molecule has 0 radical (unpaired) electrons. The Balaban J connectivity index is 1.44. The highest BCUT2D eigenvalue weighted by Gasteiger charge is 2.52. The first kappa shape index (κ1) is 18.8. The molecule has 7 nitrogen and oxygen atoms in total. The highest BCUT2D eigenvalue weighted by atomic mass is 35.5. The number of carbonyl (C=O) groups is 1. The van der Waals surface area contributed by atoms with Gasteiger partial charge < -0.3 is 15.0 Å². The fourth-order valence-corrected chi connectivity index (χ4v) is 4.84. The third-order valence-electron chi connectivity index (χ3n) is 6.22. The van der Waals surface area contributed by atoms with Crippen LogP contribution in [0.15, 0.2) is 12.3 Å². The normalized spacial score (nSPS) is 22.2. The molecule has 29 heavy (non-hydrogen) atoms. The molecule has 2 aliphatic heterocycles. The maximum atomic E-state index is 14.9. The van der Waals surface area contributed by atoms with Gasteiger partial charge in [0.05, 0.1) is 12.2 Å². The van der Waals surface area contributed by atoms with Gasteiger partial charge in [-0.25, -0.2) is 4.39 Å². The van der Waals surface area contributed by atoms with E-state index in [2.05, 4.69) is 15.6 Å². The van der Waals surface area contributed by atoms with Crippen molar-refractivity contribution in [3.8, 4) is 5.75 Å². The summed E-state index contributed by atoms with van der Waals surface area (Å²) in [6.07, 6.45) is 5.29. The summed E-state index contributed by atoms with van der Waals surface area (Å²) in [4.78, 5) is 14.4. The molecule has 0 bridgehead atoms. The number of nitrogens with one attached hydrogen (secondary N) is 1. The van der Waals surface area contributed by atoms with Crippen LogP contribution in [-0.4, -0.2) is 45.4 Å². The topological polar surface area (TPSA) is 72.3 Å². The minimum absolute atomic E-state index is 0.108. The van der Waals surface area contributed by atoms with Crippen molar-refractivity contribution in [2.24, 2.45) is 12.5 Å². The summed E-state index contributed by atoms with van der Waals surface area (Å²) in [7, 11) is 1.76. The second-order valence-corrected chi connectivity index (χ2v) is 8.85. The molecule has 1 atom stereocenters. The molecule has 3 heterocycles. The first-order chi connectivity index (χ1) is 13.9. The molecule has 2 aromatic rings. The van der Waals surface area contributed by atoms with Crippen molar-refractivity contribution in [2.75, 3.05) is 19.6 Å². The lowest BCUT2D eigenvalue weighted by atomic mass is 9.92. The average Bonchev–Trinajstić information content (AvgIpc) is 3.18. The van der Waals surface area contributed by atoms with E-state index in [1.807, 2.05) is 4.90 Å². The first-order valence-electron chi connectivity index (χ1n) is 9.94. The minimum Gasteiger partial charge on any atom is -0.484 e. The number of hydrogen-bond acceptors (Lipinski definition) is 5. The Kier molecular flexibility index (Phi) is 4.51. The lowest BCUT2D eigenvalue weighted by Crippen LogP contribution is -2.40. The van der Waals surface area contributed by atoms with Crippen molar-refractivity contribution in [1.29, 1.82) is 0 Å². The van der Waals surface area contributed by atoms with Crippen molar-refractivity contribution in [3.05, 3.63) is 39.9 Å². The number of ether oxygens (including phenoxy) is 1. The van der Waals surface area contributed by atoms with E-state index in [9.17, 15) is 9.18 Å². The van der Waals surface area contributed by atoms with Crippen LogP contribution in [0.1, 0.15) is 42.1 Å². The van der Waals surface area contributed by atoms with Gasteiger partial charge in [-0.3, -0.25) is 9.48 Å². The van der Waals surface area contributed by atoms with Crippen LogP contribution in [0.25, 0.3) is 0 Å². The molecule has 5 rings (SSSR count). The molecule has 1 spiro atoms. The van der Waals surface area contributed by atoms with Gasteiger partial charge in [-0.2, -0.15) is 0 Å². The molecule has 1 saturated heterocycles. The molecule has 1 aliphatic carbocycles. The lowest BCUT2D eigenvalue weighted by Gasteiger charge is -2.32. The largest absolute Gasteiger partial charge is 0.484 e. The molecule has 1 saturated carbocycles. The average molecular weight is 420 g/mol. The van der Waals surface area contributed by atoms with E-state index in [0.717, 1.165) is 37.1 Å². The van der Waals surface area contributed by atoms with Crippen LogP contribution in [0.2, 0.25) is 5.02 Å². The molecular weight excluding hydrogens is 397 g/mol. The maximum absolute atomic E-state index is 14.9. The summed E-state index contributed by atoms with van der Waals surface area (Å²) < 4.78 is 22.3.